The molecular formula is C15H12F3N. The normalized spacial score (nSPS) is 12.0. The highest BCUT2D eigenvalue weighted by Crippen LogP contribution is 2.31. The molecular weight excluding hydrogens is 251 g/mol. The highest BCUT2D eigenvalue weighted by atomic mass is 19.4. The Hall–Kier alpha value is -2.10. The van der Waals surface area contributed by atoms with Crippen LogP contribution in [0.2, 0.25) is 0 Å². The summed E-state index contributed by atoms with van der Waals surface area (Å²) >= 11 is 0. The van der Waals surface area contributed by atoms with Crippen molar-refractivity contribution in [2.75, 3.05) is 0 Å². The van der Waals surface area contributed by atoms with Gasteiger partial charge in [0.25, 0.3) is 0 Å². The van der Waals surface area contributed by atoms with Crippen molar-refractivity contribution in [2.45, 2.75) is 13.1 Å². The van der Waals surface area contributed by atoms with Crippen LogP contribution in [-0.4, -0.2) is 6.21 Å². The molecule has 0 aliphatic rings. The van der Waals surface area contributed by atoms with Gasteiger partial charge in [-0.25, -0.2) is 0 Å². The molecule has 0 radical (unpaired) electrons. The lowest BCUT2D eigenvalue weighted by Gasteiger charge is -2.09. The van der Waals surface area contributed by atoms with E-state index >= 15 is 0 Å². The number of rotatable bonds is 2. The second-order valence-corrected chi connectivity index (χ2v) is 4.13. The van der Waals surface area contributed by atoms with Gasteiger partial charge in [-0.1, -0.05) is 36.4 Å². The lowest BCUT2D eigenvalue weighted by atomic mass is 10.1. The predicted molar refractivity (Wildman–Crippen MR) is 69.9 cm³/mol. The Morgan fingerprint density at radius 1 is 0.947 bits per heavy atom. The number of aliphatic imine (C=N–C) groups is 1. The van der Waals surface area contributed by atoms with Gasteiger partial charge in [-0.2, -0.15) is 13.2 Å². The Bertz CT molecular complexity index is 600. The minimum absolute atomic E-state index is 0.0678. The third-order valence-electron chi connectivity index (χ3n) is 2.72. The van der Waals surface area contributed by atoms with Crippen LogP contribution in [0.5, 0.6) is 0 Å². The maximum Gasteiger partial charge on any atom is 0.417 e. The van der Waals surface area contributed by atoms with E-state index in [1.54, 1.807) is 18.2 Å². The van der Waals surface area contributed by atoms with E-state index in [1.165, 1.54) is 18.3 Å². The molecule has 19 heavy (non-hydrogen) atoms. The average molecular weight is 263 g/mol. The Balaban J connectivity index is 2.37. The van der Waals surface area contributed by atoms with Crippen molar-refractivity contribution in [1.82, 2.24) is 0 Å². The molecule has 0 N–H and O–H groups in total. The van der Waals surface area contributed by atoms with E-state index in [-0.39, 0.29) is 5.56 Å². The SMILES string of the molecule is Cc1ccccc1N=Cc1ccccc1C(F)(F)F. The molecule has 0 fully saturated rings. The van der Waals surface area contributed by atoms with Crippen LogP contribution in [0.25, 0.3) is 0 Å². The van der Waals surface area contributed by atoms with E-state index in [9.17, 15) is 13.2 Å². The Morgan fingerprint density at radius 3 is 2.26 bits per heavy atom. The van der Waals surface area contributed by atoms with E-state index in [0.717, 1.165) is 11.6 Å². The molecule has 0 amide bonds. The molecule has 2 aromatic carbocycles. The molecule has 2 aromatic rings. The lowest BCUT2D eigenvalue weighted by Crippen LogP contribution is -2.08. The number of hydrogen-bond acceptors (Lipinski definition) is 1. The minimum Gasteiger partial charge on any atom is -0.256 e. The fraction of sp³-hybridized carbons (Fsp3) is 0.133. The summed E-state index contributed by atoms with van der Waals surface area (Å²) in [6, 6.07) is 12.7. The van der Waals surface area contributed by atoms with Gasteiger partial charge in [0.15, 0.2) is 0 Å². The molecule has 0 bridgehead atoms. The zero-order valence-electron chi connectivity index (χ0n) is 10.3. The number of para-hydroxylation sites is 1. The second kappa shape index (κ2) is 5.26. The van der Waals surface area contributed by atoms with E-state index in [2.05, 4.69) is 4.99 Å². The number of halogens is 3. The number of hydrogen-bond donors (Lipinski definition) is 0. The van der Waals surface area contributed by atoms with Crippen molar-refractivity contribution in [3.8, 4) is 0 Å². The summed E-state index contributed by atoms with van der Waals surface area (Å²) in [4.78, 5) is 4.13. The first-order valence-corrected chi connectivity index (χ1v) is 5.74. The molecule has 4 heteroatoms. The highest BCUT2D eigenvalue weighted by Gasteiger charge is 2.32. The van der Waals surface area contributed by atoms with Gasteiger partial charge in [0, 0.05) is 11.8 Å². The maximum atomic E-state index is 12.8. The molecule has 0 unspecified atom stereocenters. The maximum absolute atomic E-state index is 12.8. The van der Waals surface area contributed by atoms with E-state index in [0.29, 0.717) is 5.69 Å². The van der Waals surface area contributed by atoms with E-state index in [4.69, 9.17) is 0 Å². The van der Waals surface area contributed by atoms with Gasteiger partial charge >= 0.3 is 6.18 Å². The predicted octanol–water partition coefficient (Wildman–Crippen LogP) is 4.76. The van der Waals surface area contributed by atoms with Crippen molar-refractivity contribution in [3.63, 3.8) is 0 Å². The van der Waals surface area contributed by atoms with Crippen LogP contribution < -0.4 is 0 Å². The summed E-state index contributed by atoms with van der Waals surface area (Å²) in [5.74, 6) is 0. The summed E-state index contributed by atoms with van der Waals surface area (Å²) in [5, 5.41) is 0. The molecule has 98 valence electrons. The zero-order valence-corrected chi connectivity index (χ0v) is 10.3. The molecule has 0 aromatic heterocycles. The van der Waals surface area contributed by atoms with Crippen molar-refractivity contribution >= 4 is 11.9 Å². The Kier molecular flexibility index (Phi) is 3.69. The van der Waals surface area contributed by atoms with Crippen LogP contribution >= 0.6 is 0 Å². The van der Waals surface area contributed by atoms with Crippen LogP contribution in [0.15, 0.2) is 53.5 Å². The first kappa shape index (κ1) is 13.3. The van der Waals surface area contributed by atoms with Gasteiger partial charge in [-0.3, -0.25) is 4.99 Å². The van der Waals surface area contributed by atoms with Gasteiger partial charge in [-0.05, 0) is 24.6 Å². The van der Waals surface area contributed by atoms with Gasteiger partial charge in [0.2, 0.25) is 0 Å². The van der Waals surface area contributed by atoms with E-state index < -0.39 is 11.7 Å². The molecule has 0 saturated heterocycles. The standard InChI is InChI=1S/C15H12F3N/c1-11-6-2-5-9-14(11)19-10-12-7-3-4-8-13(12)15(16,17)18/h2-10H,1H3. The van der Waals surface area contributed by atoms with Crippen molar-refractivity contribution in [3.05, 3.63) is 65.2 Å². The van der Waals surface area contributed by atoms with Crippen molar-refractivity contribution < 1.29 is 13.2 Å². The van der Waals surface area contributed by atoms with Gasteiger partial charge in [0.05, 0.1) is 11.3 Å². The van der Waals surface area contributed by atoms with Crippen LogP contribution in [0.1, 0.15) is 16.7 Å². The topological polar surface area (TPSA) is 12.4 Å². The third-order valence-corrected chi connectivity index (χ3v) is 2.72. The van der Waals surface area contributed by atoms with Gasteiger partial charge < -0.3 is 0 Å². The molecule has 1 nitrogen and oxygen atoms in total. The largest absolute Gasteiger partial charge is 0.417 e. The zero-order chi connectivity index (χ0) is 13.9. The van der Waals surface area contributed by atoms with E-state index in [1.807, 2.05) is 19.1 Å². The summed E-state index contributed by atoms with van der Waals surface area (Å²) in [6.45, 7) is 1.86. The molecule has 2 rings (SSSR count). The fourth-order valence-corrected chi connectivity index (χ4v) is 1.72. The van der Waals surface area contributed by atoms with Crippen LogP contribution in [0.3, 0.4) is 0 Å². The first-order chi connectivity index (χ1) is 8.98. The fourth-order valence-electron chi connectivity index (χ4n) is 1.72. The average Bonchev–Trinajstić information content (AvgIpc) is 2.37. The second-order valence-electron chi connectivity index (χ2n) is 4.13. The quantitative estimate of drug-likeness (QED) is 0.692. The molecule has 0 heterocycles. The Morgan fingerprint density at radius 2 is 1.58 bits per heavy atom. The minimum atomic E-state index is -4.37. The first-order valence-electron chi connectivity index (χ1n) is 5.74. The third kappa shape index (κ3) is 3.22. The molecule has 0 aliphatic heterocycles. The number of aryl methyl sites for hydroxylation is 1. The molecule has 0 atom stereocenters. The molecule has 0 spiro atoms. The van der Waals surface area contributed by atoms with Crippen LogP contribution in [0, 0.1) is 6.92 Å². The molecule has 0 aliphatic carbocycles. The van der Waals surface area contributed by atoms with Gasteiger partial charge in [0.1, 0.15) is 0 Å². The van der Waals surface area contributed by atoms with Crippen molar-refractivity contribution in [2.24, 2.45) is 4.99 Å². The number of nitrogens with zero attached hydrogens (tertiary/aromatic N) is 1. The highest BCUT2D eigenvalue weighted by molar-refractivity contribution is 5.84. The number of alkyl halides is 3. The smallest absolute Gasteiger partial charge is 0.256 e. The summed E-state index contributed by atoms with van der Waals surface area (Å²) < 4.78 is 38.4. The summed E-state index contributed by atoms with van der Waals surface area (Å²) in [5.41, 5.74) is 0.980. The van der Waals surface area contributed by atoms with Crippen LogP contribution in [0.4, 0.5) is 18.9 Å². The monoisotopic (exact) mass is 263 g/mol. The van der Waals surface area contributed by atoms with Crippen LogP contribution in [-0.2, 0) is 6.18 Å². The molecule has 0 saturated carbocycles. The van der Waals surface area contributed by atoms with Crippen molar-refractivity contribution in [1.29, 1.82) is 0 Å². The Labute approximate surface area is 109 Å². The summed E-state index contributed by atoms with van der Waals surface area (Å²) in [7, 11) is 0. The van der Waals surface area contributed by atoms with Gasteiger partial charge in [-0.15, -0.1) is 0 Å². The number of benzene rings is 2. The lowest BCUT2D eigenvalue weighted by molar-refractivity contribution is -0.137. The summed E-state index contributed by atoms with van der Waals surface area (Å²) in [6.07, 6.45) is -3.11.